The summed E-state index contributed by atoms with van der Waals surface area (Å²) in [5.41, 5.74) is 1.15. The van der Waals surface area contributed by atoms with Crippen molar-refractivity contribution in [2.45, 2.75) is 24.5 Å². The van der Waals surface area contributed by atoms with Gasteiger partial charge in [0.2, 0.25) is 11.0 Å². The van der Waals surface area contributed by atoms with Gasteiger partial charge in [-0.15, -0.1) is 0 Å². The number of aromatic amines is 1. The molecular weight excluding hydrogens is 447 g/mol. The lowest BCUT2D eigenvalue weighted by molar-refractivity contribution is -0.126. The van der Waals surface area contributed by atoms with E-state index in [0.29, 0.717) is 36.4 Å². The van der Waals surface area contributed by atoms with Crippen LogP contribution in [0.4, 0.5) is 4.39 Å². The van der Waals surface area contributed by atoms with Crippen LogP contribution in [0.25, 0.3) is 11.5 Å². The highest BCUT2D eigenvalue weighted by atomic mass is 35.5. The summed E-state index contributed by atoms with van der Waals surface area (Å²) in [6, 6.07) is 8.57. The molecule has 1 aliphatic rings. The third kappa shape index (κ3) is 4.65. The summed E-state index contributed by atoms with van der Waals surface area (Å²) < 4.78 is 46.0. The van der Waals surface area contributed by atoms with Crippen LogP contribution in [0.15, 0.2) is 52.1 Å². The monoisotopic (exact) mass is 466 g/mol. The van der Waals surface area contributed by atoms with Crippen molar-refractivity contribution in [2.24, 2.45) is 5.92 Å². The molecule has 0 spiro atoms. The maximum Gasteiger partial charge on any atom is 0.276 e. The molecule has 2 N–H and O–H groups in total. The molecule has 1 aromatic carbocycles. The molecule has 3 aromatic rings. The molecule has 164 valence electrons. The number of aromatic nitrogens is 2. The number of benzene rings is 1. The average Bonchev–Trinajstić information content (AvgIpc) is 3.45. The molecule has 0 unspecified atom stereocenters. The number of amides is 1. The Morgan fingerprint density at radius 1 is 1.32 bits per heavy atom. The van der Waals surface area contributed by atoms with Crippen molar-refractivity contribution in [1.82, 2.24) is 19.8 Å². The van der Waals surface area contributed by atoms with Gasteiger partial charge in [0, 0.05) is 30.9 Å². The second-order valence-corrected chi connectivity index (χ2v) is 9.52. The number of hydrogen-bond acceptors (Lipinski definition) is 5. The van der Waals surface area contributed by atoms with E-state index in [9.17, 15) is 17.6 Å². The summed E-state index contributed by atoms with van der Waals surface area (Å²) in [6.07, 6.45) is 2.65. The number of furan rings is 1. The Hall–Kier alpha value is -2.69. The van der Waals surface area contributed by atoms with Crippen molar-refractivity contribution < 1.29 is 22.0 Å². The van der Waals surface area contributed by atoms with Crippen LogP contribution in [-0.2, 0) is 21.4 Å². The first kappa shape index (κ1) is 21.5. The fourth-order valence-electron chi connectivity index (χ4n) is 3.49. The molecular formula is C20H20ClFN4O4S. The highest BCUT2D eigenvalue weighted by Gasteiger charge is 2.35. The molecule has 1 fully saturated rings. The fraction of sp³-hybridized carbons (Fsp3) is 0.300. The number of piperidine rings is 1. The number of carbonyl (C=O) groups is 1. The number of sulfonamides is 1. The molecule has 8 nitrogen and oxygen atoms in total. The summed E-state index contributed by atoms with van der Waals surface area (Å²) in [6.45, 7) is 0.480. The minimum Gasteiger partial charge on any atom is -0.442 e. The second-order valence-electron chi connectivity index (χ2n) is 7.24. The van der Waals surface area contributed by atoms with Gasteiger partial charge in [-0.2, -0.15) is 9.40 Å². The van der Waals surface area contributed by atoms with E-state index in [1.807, 2.05) is 0 Å². The van der Waals surface area contributed by atoms with Crippen LogP contribution in [-0.4, -0.2) is 41.9 Å². The van der Waals surface area contributed by atoms with Gasteiger partial charge in [-0.3, -0.25) is 9.89 Å². The lowest BCUT2D eigenvalue weighted by Crippen LogP contribution is -2.45. The summed E-state index contributed by atoms with van der Waals surface area (Å²) in [7, 11) is -3.89. The van der Waals surface area contributed by atoms with Crippen molar-refractivity contribution >= 4 is 27.5 Å². The molecule has 2 aromatic heterocycles. The van der Waals surface area contributed by atoms with E-state index in [2.05, 4.69) is 15.5 Å². The smallest absolute Gasteiger partial charge is 0.276 e. The van der Waals surface area contributed by atoms with Crippen molar-refractivity contribution in [1.29, 1.82) is 0 Å². The van der Waals surface area contributed by atoms with E-state index < -0.39 is 21.8 Å². The topological polar surface area (TPSA) is 108 Å². The highest BCUT2D eigenvalue weighted by Crippen LogP contribution is 2.28. The molecule has 1 saturated heterocycles. The van der Waals surface area contributed by atoms with Gasteiger partial charge in [0.1, 0.15) is 11.5 Å². The zero-order valence-corrected chi connectivity index (χ0v) is 17.9. The average molecular weight is 467 g/mol. The zero-order chi connectivity index (χ0) is 22.0. The van der Waals surface area contributed by atoms with Gasteiger partial charge in [-0.25, -0.2) is 12.8 Å². The quantitative estimate of drug-likeness (QED) is 0.580. The van der Waals surface area contributed by atoms with Crippen molar-refractivity contribution in [3.63, 3.8) is 0 Å². The molecule has 1 atom stereocenters. The number of hydrogen-bond donors (Lipinski definition) is 2. The van der Waals surface area contributed by atoms with Gasteiger partial charge in [-0.05, 0) is 48.7 Å². The van der Waals surface area contributed by atoms with Crippen LogP contribution in [0, 0.1) is 11.7 Å². The molecule has 4 rings (SSSR count). The Kier molecular flexibility index (Phi) is 6.12. The van der Waals surface area contributed by atoms with Gasteiger partial charge < -0.3 is 9.73 Å². The Bertz CT molecular complexity index is 1180. The first-order chi connectivity index (χ1) is 14.8. The summed E-state index contributed by atoms with van der Waals surface area (Å²) >= 11 is 5.99. The predicted octanol–water partition coefficient (Wildman–Crippen LogP) is 3.18. The minimum atomic E-state index is -3.89. The first-order valence-electron chi connectivity index (χ1n) is 9.66. The molecule has 0 saturated carbocycles. The number of rotatable bonds is 6. The minimum absolute atomic E-state index is 0.0470. The van der Waals surface area contributed by atoms with Gasteiger partial charge in [0.15, 0.2) is 5.76 Å². The van der Waals surface area contributed by atoms with E-state index in [1.165, 1.54) is 28.6 Å². The van der Waals surface area contributed by atoms with Gasteiger partial charge in [-0.1, -0.05) is 17.7 Å². The molecule has 1 amide bonds. The Labute approximate surface area is 183 Å². The van der Waals surface area contributed by atoms with E-state index in [0.717, 1.165) is 0 Å². The number of halogens is 2. The normalized spacial score (nSPS) is 17.5. The molecule has 11 heteroatoms. The third-order valence-corrected chi connectivity index (χ3v) is 7.26. The lowest BCUT2D eigenvalue weighted by atomic mass is 9.99. The standard InChI is InChI=1S/C20H20ClFN4O4S/c21-16-10-15(22)4-3-13(16)11-23-20(27)14-2-1-9-26(12-14)31(28,29)19-6-5-18(30-19)17-7-8-24-25-17/h3-8,10,14H,1-2,9,11-12H2,(H,23,27)(H,24,25)/t14-/m1/s1. The van der Waals surface area contributed by atoms with E-state index in [4.69, 9.17) is 16.0 Å². The first-order valence-corrected chi connectivity index (χ1v) is 11.5. The number of carbonyl (C=O) groups excluding carboxylic acids is 1. The van der Waals surface area contributed by atoms with Gasteiger partial charge >= 0.3 is 0 Å². The summed E-state index contributed by atoms with van der Waals surface area (Å²) in [4.78, 5) is 12.6. The van der Waals surface area contributed by atoms with Crippen LogP contribution in [0.2, 0.25) is 5.02 Å². The van der Waals surface area contributed by atoms with Crippen molar-refractivity contribution in [2.75, 3.05) is 13.1 Å². The third-order valence-electron chi connectivity index (χ3n) is 5.16. The summed E-state index contributed by atoms with van der Waals surface area (Å²) in [5.74, 6) is -0.886. The van der Waals surface area contributed by atoms with Crippen LogP contribution in [0.1, 0.15) is 18.4 Å². The zero-order valence-electron chi connectivity index (χ0n) is 16.3. The Morgan fingerprint density at radius 3 is 2.90 bits per heavy atom. The molecule has 0 aliphatic carbocycles. The number of nitrogens with one attached hydrogen (secondary N) is 2. The summed E-state index contributed by atoms with van der Waals surface area (Å²) in [5, 5.41) is 9.34. The molecule has 1 aliphatic heterocycles. The predicted molar refractivity (Wildman–Crippen MR) is 111 cm³/mol. The lowest BCUT2D eigenvalue weighted by Gasteiger charge is -2.30. The Morgan fingerprint density at radius 2 is 2.16 bits per heavy atom. The number of H-pyrrole nitrogens is 1. The van der Waals surface area contributed by atoms with Crippen LogP contribution in [0.3, 0.4) is 0 Å². The largest absolute Gasteiger partial charge is 0.442 e. The maximum atomic E-state index is 13.2. The highest BCUT2D eigenvalue weighted by molar-refractivity contribution is 7.89. The Balaban J connectivity index is 1.42. The van der Waals surface area contributed by atoms with Crippen LogP contribution >= 0.6 is 11.6 Å². The van der Waals surface area contributed by atoms with Gasteiger partial charge in [0.05, 0.1) is 5.92 Å². The molecule has 0 radical (unpaired) electrons. The number of nitrogens with zero attached hydrogens (tertiary/aromatic N) is 2. The van der Waals surface area contributed by atoms with Crippen molar-refractivity contribution in [3.05, 3.63) is 59.0 Å². The SMILES string of the molecule is O=C(NCc1ccc(F)cc1Cl)[C@@H]1CCCN(S(=O)(=O)c2ccc(-c3ccn[nH]3)o2)C1. The van der Waals surface area contributed by atoms with E-state index in [1.54, 1.807) is 18.3 Å². The van der Waals surface area contributed by atoms with Crippen molar-refractivity contribution in [3.8, 4) is 11.5 Å². The maximum absolute atomic E-state index is 13.2. The van der Waals surface area contributed by atoms with E-state index in [-0.39, 0.29) is 29.1 Å². The second kappa shape index (κ2) is 8.81. The fourth-order valence-corrected chi connectivity index (χ4v) is 5.16. The molecule has 0 bridgehead atoms. The molecule has 31 heavy (non-hydrogen) atoms. The van der Waals surface area contributed by atoms with Crippen LogP contribution < -0.4 is 5.32 Å². The molecule has 3 heterocycles. The van der Waals surface area contributed by atoms with E-state index >= 15 is 0 Å². The van der Waals surface area contributed by atoms with Gasteiger partial charge in [0.25, 0.3) is 10.0 Å². The van der Waals surface area contributed by atoms with Crippen LogP contribution in [0.5, 0.6) is 0 Å².